The first-order valence-corrected chi connectivity index (χ1v) is 8.75. The first-order chi connectivity index (χ1) is 13.2. The second-order valence-electron chi connectivity index (χ2n) is 5.88. The van der Waals surface area contributed by atoms with E-state index < -0.39 is 12.1 Å². The van der Waals surface area contributed by atoms with Gasteiger partial charge in [0.2, 0.25) is 0 Å². The molecule has 5 heteroatoms. The minimum atomic E-state index is -0.897. The van der Waals surface area contributed by atoms with Crippen LogP contribution in [0.5, 0.6) is 0 Å². The van der Waals surface area contributed by atoms with Gasteiger partial charge in [-0.1, -0.05) is 43.3 Å². The predicted octanol–water partition coefficient (Wildman–Crippen LogP) is 4.38. The van der Waals surface area contributed by atoms with E-state index in [-0.39, 0.29) is 5.91 Å². The van der Waals surface area contributed by atoms with Gasteiger partial charge in [0.05, 0.1) is 5.56 Å². The maximum atomic E-state index is 13.3. The Bertz CT molecular complexity index is 844. The van der Waals surface area contributed by atoms with E-state index >= 15 is 0 Å². The Hall–Kier alpha value is -3.47. The maximum Gasteiger partial charge on any atom is 0.339 e. The molecule has 0 radical (unpaired) electrons. The fourth-order valence-electron chi connectivity index (χ4n) is 2.70. The third-order valence-corrected chi connectivity index (χ3v) is 4.06. The molecule has 136 valence electrons. The molecule has 5 nitrogen and oxygen atoms in total. The van der Waals surface area contributed by atoms with Gasteiger partial charge in [-0.2, -0.15) is 0 Å². The lowest BCUT2D eigenvalue weighted by Crippen LogP contribution is -2.38. The van der Waals surface area contributed by atoms with Gasteiger partial charge in [-0.15, -0.1) is 0 Å². The van der Waals surface area contributed by atoms with E-state index in [0.29, 0.717) is 23.4 Å². The quantitative estimate of drug-likeness (QED) is 0.612. The fourth-order valence-corrected chi connectivity index (χ4v) is 2.70. The average molecular weight is 360 g/mol. The normalized spacial score (nSPS) is 11.4. The molecule has 2 aromatic carbocycles. The van der Waals surface area contributed by atoms with E-state index in [1.807, 2.05) is 67.6 Å². The summed E-state index contributed by atoms with van der Waals surface area (Å²) in [6.07, 6.45) is 2.50. The van der Waals surface area contributed by atoms with Crippen molar-refractivity contribution in [2.45, 2.75) is 19.4 Å². The SMILES string of the molecule is CCC(OC(=O)c1ccncc1)C(=O)N(c1ccccc1)c1ccccc1. The number of pyridine rings is 1. The van der Waals surface area contributed by atoms with Crippen LogP contribution in [0, 0.1) is 0 Å². The van der Waals surface area contributed by atoms with Crippen molar-refractivity contribution in [1.29, 1.82) is 0 Å². The van der Waals surface area contributed by atoms with Gasteiger partial charge in [0.25, 0.3) is 5.91 Å². The van der Waals surface area contributed by atoms with Crippen molar-refractivity contribution in [2.75, 3.05) is 4.90 Å². The van der Waals surface area contributed by atoms with Gasteiger partial charge >= 0.3 is 5.97 Å². The van der Waals surface area contributed by atoms with Crippen molar-refractivity contribution in [3.8, 4) is 0 Å². The number of carbonyl (C=O) groups excluding carboxylic acids is 2. The molecule has 3 rings (SSSR count). The van der Waals surface area contributed by atoms with Crippen LogP contribution in [0.3, 0.4) is 0 Å². The molecule has 0 spiro atoms. The smallest absolute Gasteiger partial charge is 0.339 e. The number of hydrogen-bond donors (Lipinski definition) is 0. The van der Waals surface area contributed by atoms with E-state index in [1.54, 1.807) is 17.0 Å². The van der Waals surface area contributed by atoms with Crippen LogP contribution >= 0.6 is 0 Å². The Kier molecular flexibility index (Phi) is 5.94. The highest BCUT2D eigenvalue weighted by Gasteiger charge is 2.29. The van der Waals surface area contributed by atoms with Crippen molar-refractivity contribution in [3.05, 3.63) is 90.8 Å². The number of nitrogens with zero attached hydrogens (tertiary/aromatic N) is 2. The van der Waals surface area contributed by atoms with Gasteiger partial charge in [0, 0.05) is 23.8 Å². The number of amides is 1. The Labute approximate surface area is 158 Å². The fraction of sp³-hybridized carbons (Fsp3) is 0.136. The van der Waals surface area contributed by atoms with Crippen LogP contribution in [-0.4, -0.2) is 23.0 Å². The van der Waals surface area contributed by atoms with Crippen LogP contribution in [0.25, 0.3) is 0 Å². The lowest BCUT2D eigenvalue weighted by atomic mass is 10.1. The van der Waals surface area contributed by atoms with E-state index in [1.165, 1.54) is 12.4 Å². The van der Waals surface area contributed by atoms with Crippen LogP contribution in [0.1, 0.15) is 23.7 Å². The number of benzene rings is 2. The molecule has 0 aliphatic heterocycles. The van der Waals surface area contributed by atoms with Crippen LogP contribution in [0.4, 0.5) is 11.4 Å². The van der Waals surface area contributed by atoms with E-state index in [4.69, 9.17) is 4.74 Å². The number of hydrogen-bond acceptors (Lipinski definition) is 4. The Morgan fingerprint density at radius 3 is 1.89 bits per heavy atom. The number of anilines is 2. The number of rotatable bonds is 6. The number of carbonyl (C=O) groups is 2. The molecular formula is C22H20N2O3. The second kappa shape index (κ2) is 8.76. The molecule has 3 aromatic rings. The lowest BCUT2D eigenvalue weighted by Gasteiger charge is -2.27. The molecule has 1 aromatic heterocycles. The van der Waals surface area contributed by atoms with Gasteiger partial charge < -0.3 is 4.74 Å². The standard InChI is InChI=1S/C22H20N2O3/c1-2-20(27-22(26)17-13-15-23-16-14-17)21(25)24(18-9-5-3-6-10-18)19-11-7-4-8-12-19/h3-16,20H,2H2,1H3. The maximum absolute atomic E-state index is 13.3. The number of aromatic nitrogens is 1. The molecule has 0 aliphatic rings. The summed E-state index contributed by atoms with van der Waals surface area (Å²) in [4.78, 5) is 31.1. The zero-order valence-electron chi connectivity index (χ0n) is 15.0. The molecule has 0 N–H and O–H groups in total. The van der Waals surface area contributed by atoms with E-state index in [9.17, 15) is 9.59 Å². The number of ether oxygens (including phenoxy) is 1. The molecule has 1 unspecified atom stereocenters. The van der Waals surface area contributed by atoms with Crippen LogP contribution in [0.2, 0.25) is 0 Å². The Morgan fingerprint density at radius 2 is 1.41 bits per heavy atom. The molecular weight excluding hydrogens is 340 g/mol. The van der Waals surface area contributed by atoms with Crippen LogP contribution < -0.4 is 4.90 Å². The molecule has 0 saturated heterocycles. The minimum absolute atomic E-state index is 0.294. The third kappa shape index (κ3) is 4.39. The highest BCUT2D eigenvalue weighted by molar-refractivity contribution is 6.04. The third-order valence-electron chi connectivity index (χ3n) is 4.06. The summed E-state index contributed by atoms with van der Waals surface area (Å²) in [6.45, 7) is 1.82. The number of para-hydroxylation sites is 2. The van der Waals surface area contributed by atoms with E-state index in [2.05, 4.69) is 4.98 Å². The summed E-state index contributed by atoms with van der Waals surface area (Å²) in [5.41, 5.74) is 1.79. The van der Waals surface area contributed by atoms with Crippen molar-refractivity contribution in [2.24, 2.45) is 0 Å². The molecule has 1 atom stereocenters. The average Bonchev–Trinajstić information content (AvgIpc) is 2.74. The largest absolute Gasteiger partial charge is 0.449 e. The topological polar surface area (TPSA) is 59.5 Å². The molecule has 0 fully saturated rings. The molecule has 0 aliphatic carbocycles. The van der Waals surface area contributed by atoms with Crippen molar-refractivity contribution in [3.63, 3.8) is 0 Å². The monoisotopic (exact) mass is 360 g/mol. The molecule has 1 amide bonds. The molecule has 0 saturated carbocycles. The second-order valence-corrected chi connectivity index (χ2v) is 5.88. The lowest BCUT2D eigenvalue weighted by molar-refractivity contribution is -0.126. The number of esters is 1. The summed E-state index contributed by atoms with van der Waals surface area (Å²) in [5.74, 6) is -0.837. The summed E-state index contributed by atoms with van der Waals surface area (Å²) in [7, 11) is 0. The summed E-state index contributed by atoms with van der Waals surface area (Å²) < 4.78 is 5.51. The summed E-state index contributed by atoms with van der Waals surface area (Å²) in [6, 6.07) is 21.7. The van der Waals surface area contributed by atoms with Gasteiger partial charge in [-0.25, -0.2) is 4.79 Å². The van der Waals surface area contributed by atoms with Gasteiger partial charge in [0.15, 0.2) is 6.10 Å². The first kappa shape index (κ1) is 18.3. The molecule has 27 heavy (non-hydrogen) atoms. The van der Waals surface area contributed by atoms with Crippen LogP contribution in [0.15, 0.2) is 85.2 Å². The Morgan fingerprint density at radius 1 is 0.889 bits per heavy atom. The predicted molar refractivity (Wildman–Crippen MR) is 104 cm³/mol. The van der Waals surface area contributed by atoms with Crippen molar-refractivity contribution in [1.82, 2.24) is 4.98 Å². The van der Waals surface area contributed by atoms with Crippen molar-refractivity contribution < 1.29 is 14.3 Å². The first-order valence-electron chi connectivity index (χ1n) is 8.75. The van der Waals surface area contributed by atoms with Gasteiger partial charge in [-0.05, 0) is 42.8 Å². The highest BCUT2D eigenvalue weighted by atomic mass is 16.5. The highest BCUT2D eigenvalue weighted by Crippen LogP contribution is 2.27. The van der Waals surface area contributed by atoms with E-state index in [0.717, 1.165) is 0 Å². The van der Waals surface area contributed by atoms with Crippen LogP contribution in [-0.2, 0) is 9.53 Å². The Balaban J connectivity index is 1.89. The molecule has 1 heterocycles. The molecule has 0 bridgehead atoms. The summed E-state index contributed by atoms with van der Waals surface area (Å²) in [5, 5.41) is 0. The van der Waals surface area contributed by atoms with Gasteiger partial charge in [-0.3, -0.25) is 14.7 Å². The summed E-state index contributed by atoms with van der Waals surface area (Å²) >= 11 is 0. The zero-order valence-corrected chi connectivity index (χ0v) is 15.0. The minimum Gasteiger partial charge on any atom is -0.449 e. The zero-order chi connectivity index (χ0) is 19.1. The van der Waals surface area contributed by atoms with Crippen molar-refractivity contribution >= 4 is 23.3 Å². The van der Waals surface area contributed by atoms with Gasteiger partial charge in [0.1, 0.15) is 0 Å².